The second-order valence-electron chi connectivity index (χ2n) is 10.7. The topological polar surface area (TPSA) is 175 Å². The molecule has 47 heavy (non-hydrogen) atoms. The first-order valence-corrected chi connectivity index (χ1v) is 15.3. The second kappa shape index (κ2) is 20.5. The smallest absolute Gasteiger partial charge is 0.408 e. The molecular weight excluding hydrogens is 600 g/mol. The molecule has 3 rings (SSSR count). The summed E-state index contributed by atoms with van der Waals surface area (Å²) >= 11 is 0. The van der Waals surface area contributed by atoms with Crippen LogP contribution in [0.3, 0.4) is 0 Å². The minimum Gasteiger partial charge on any atom is -0.481 e. The monoisotopic (exact) mass is 640 g/mol. The van der Waals surface area contributed by atoms with Gasteiger partial charge in [-0.2, -0.15) is 0 Å². The van der Waals surface area contributed by atoms with Crippen molar-refractivity contribution >= 4 is 17.9 Å². The van der Waals surface area contributed by atoms with E-state index in [-0.39, 0.29) is 39.2 Å². The number of azide groups is 1. The van der Waals surface area contributed by atoms with Crippen molar-refractivity contribution in [3.63, 3.8) is 0 Å². The van der Waals surface area contributed by atoms with Gasteiger partial charge in [-0.3, -0.25) is 9.59 Å². The highest BCUT2D eigenvalue weighted by Crippen LogP contribution is 2.14. The molecule has 0 bridgehead atoms. The summed E-state index contributed by atoms with van der Waals surface area (Å²) in [7, 11) is 0. The summed E-state index contributed by atoms with van der Waals surface area (Å²) in [4.78, 5) is 42.7. The largest absolute Gasteiger partial charge is 0.481 e. The van der Waals surface area contributed by atoms with Gasteiger partial charge in [0, 0.05) is 17.9 Å². The number of unbranched alkanes of at least 4 members (excludes halogenated alkanes) is 1. The number of hydrogen-bond acceptors (Lipinski definition) is 7. The molecule has 0 aliphatic heterocycles. The maximum absolute atomic E-state index is 13.6. The van der Waals surface area contributed by atoms with Crippen LogP contribution in [0.5, 0.6) is 5.75 Å². The number of nitrogens with one attached hydrogen (secondary N) is 3. The highest BCUT2D eigenvalue weighted by atomic mass is 16.5. The van der Waals surface area contributed by atoms with Crippen molar-refractivity contribution in [2.24, 2.45) is 5.11 Å². The number of carbonyl (C=O) groups is 3. The molecule has 0 heterocycles. The van der Waals surface area contributed by atoms with Crippen LogP contribution in [0.1, 0.15) is 36.0 Å². The molecule has 0 aliphatic carbocycles. The molecule has 12 heteroatoms. The first-order chi connectivity index (χ1) is 22.9. The van der Waals surface area contributed by atoms with E-state index in [0.717, 1.165) is 16.7 Å². The number of amides is 3. The van der Waals surface area contributed by atoms with Crippen molar-refractivity contribution in [1.82, 2.24) is 16.0 Å². The number of carbonyl (C=O) groups excluding carboxylic acids is 3. The van der Waals surface area contributed by atoms with E-state index in [2.05, 4.69) is 31.9 Å². The van der Waals surface area contributed by atoms with Crippen molar-refractivity contribution < 1.29 is 29.0 Å². The summed E-state index contributed by atoms with van der Waals surface area (Å²) in [6.45, 7) is 0.0611. The number of alkyl carbamates (subject to hydrolysis) is 1. The van der Waals surface area contributed by atoms with Crippen LogP contribution >= 0.6 is 0 Å². The summed E-state index contributed by atoms with van der Waals surface area (Å²) in [5.41, 5.74) is 11.0. The van der Waals surface area contributed by atoms with E-state index in [1.165, 1.54) is 0 Å². The Morgan fingerprint density at radius 1 is 0.830 bits per heavy atom. The van der Waals surface area contributed by atoms with Gasteiger partial charge in [-0.15, -0.1) is 6.42 Å². The number of aliphatic hydroxyl groups excluding tert-OH is 1. The molecule has 12 nitrogen and oxygen atoms in total. The number of terminal acetylenes is 1. The van der Waals surface area contributed by atoms with E-state index in [4.69, 9.17) is 21.4 Å². The number of aliphatic hydroxyl groups is 1. The number of ether oxygens (including phenoxy) is 2. The summed E-state index contributed by atoms with van der Waals surface area (Å²) in [5.74, 6) is 1.93. The van der Waals surface area contributed by atoms with Crippen molar-refractivity contribution in [1.29, 1.82) is 0 Å². The van der Waals surface area contributed by atoms with E-state index < -0.39 is 36.0 Å². The summed E-state index contributed by atoms with van der Waals surface area (Å²) < 4.78 is 10.7. The van der Waals surface area contributed by atoms with Crippen LogP contribution < -0.4 is 20.7 Å². The minimum atomic E-state index is -1.03. The van der Waals surface area contributed by atoms with Gasteiger partial charge in [-0.25, -0.2) is 4.79 Å². The lowest BCUT2D eigenvalue weighted by Crippen LogP contribution is -2.56. The van der Waals surface area contributed by atoms with Gasteiger partial charge in [-0.05, 0) is 53.6 Å². The van der Waals surface area contributed by atoms with Gasteiger partial charge in [0.05, 0.1) is 12.6 Å². The molecule has 246 valence electrons. The third kappa shape index (κ3) is 13.6. The molecule has 0 unspecified atom stereocenters. The fourth-order valence-corrected chi connectivity index (χ4v) is 4.68. The highest BCUT2D eigenvalue weighted by Gasteiger charge is 2.28. The van der Waals surface area contributed by atoms with Gasteiger partial charge in [0.2, 0.25) is 11.8 Å². The van der Waals surface area contributed by atoms with Crippen molar-refractivity contribution in [3.8, 4) is 18.1 Å². The Bertz CT molecular complexity index is 1490. The molecule has 0 spiro atoms. The summed E-state index contributed by atoms with van der Waals surface area (Å²) in [5, 5.41) is 21.9. The molecule has 0 radical (unpaired) electrons. The van der Waals surface area contributed by atoms with Gasteiger partial charge in [0.15, 0.2) is 0 Å². The third-order valence-corrected chi connectivity index (χ3v) is 7.10. The predicted molar refractivity (Wildman–Crippen MR) is 177 cm³/mol. The van der Waals surface area contributed by atoms with Crippen LogP contribution in [0.4, 0.5) is 4.79 Å². The SMILES string of the molecule is C#CCOc1ccc(C[C@@H](CO)NC(=O)[C@H](Cc2ccccc2)NC(=O)[C@H](CCCCN=[N+]=[N-])NC(=O)OCc2ccccc2)cc1. The number of nitrogens with zero attached hydrogens (tertiary/aromatic N) is 3. The van der Waals surface area contributed by atoms with Gasteiger partial charge in [0.25, 0.3) is 0 Å². The Kier molecular flexibility index (Phi) is 15.7. The fraction of sp³-hybridized carbons (Fsp3) is 0.343. The molecule has 3 aromatic rings. The Balaban J connectivity index is 1.71. The number of hydrogen-bond donors (Lipinski definition) is 4. The quantitative estimate of drug-likeness (QED) is 0.0502. The molecule has 3 aromatic carbocycles. The van der Waals surface area contributed by atoms with E-state index in [1.807, 2.05) is 72.8 Å². The van der Waals surface area contributed by atoms with E-state index in [9.17, 15) is 19.5 Å². The second-order valence-corrected chi connectivity index (χ2v) is 10.7. The number of benzene rings is 3. The molecule has 0 aromatic heterocycles. The molecule has 3 amide bonds. The van der Waals surface area contributed by atoms with Gasteiger partial charge in [-0.1, -0.05) is 90.3 Å². The minimum absolute atomic E-state index is 0.0140. The first-order valence-electron chi connectivity index (χ1n) is 15.3. The lowest BCUT2D eigenvalue weighted by molar-refractivity contribution is -0.130. The first kappa shape index (κ1) is 36.0. The summed E-state index contributed by atoms with van der Waals surface area (Å²) in [6, 6.07) is 22.8. The average molecular weight is 641 g/mol. The normalized spacial score (nSPS) is 12.3. The molecule has 3 atom stereocenters. The zero-order valence-electron chi connectivity index (χ0n) is 26.1. The average Bonchev–Trinajstić information content (AvgIpc) is 3.10. The Labute approximate surface area is 274 Å². The van der Waals surface area contributed by atoms with Gasteiger partial charge >= 0.3 is 6.09 Å². The molecular formula is C35H40N6O6. The lowest BCUT2D eigenvalue weighted by Gasteiger charge is -2.25. The Hall–Kier alpha value is -5.50. The maximum atomic E-state index is 13.6. The maximum Gasteiger partial charge on any atom is 0.408 e. The van der Waals surface area contributed by atoms with Gasteiger partial charge < -0.3 is 30.5 Å². The molecule has 0 saturated heterocycles. The van der Waals surface area contributed by atoms with Crippen LogP contribution in [0.25, 0.3) is 10.4 Å². The summed E-state index contributed by atoms with van der Waals surface area (Å²) in [6.07, 6.45) is 6.12. The Morgan fingerprint density at radius 2 is 1.47 bits per heavy atom. The zero-order valence-corrected chi connectivity index (χ0v) is 26.1. The Morgan fingerprint density at radius 3 is 2.11 bits per heavy atom. The fourth-order valence-electron chi connectivity index (χ4n) is 4.68. The van der Waals surface area contributed by atoms with Crippen LogP contribution in [-0.2, 0) is 33.8 Å². The van der Waals surface area contributed by atoms with Crippen LogP contribution in [-0.4, -0.2) is 60.9 Å². The van der Waals surface area contributed by atoms with Crippen LogP contribution in [0.2, 0.25) is 0 Å². The zero-order chi connectivity index (χ0) is 33.7. The van der Waals surface area contributed by atoms with E-state index in [0.29, 0.717) is 25.0 Å². The highest BCUT2D eigenvalue weighted by molar-refractivity contribution is 5.91. The van der Waals surface area contributed by atoms with Crippen molar-refractivity contribution in [3.05, 3.63) is 112 Å². The lowest BCUT2D eigenvalue weighted by atomic mass is 10.0. The third-order valence-electron chi connectivity index (χ3n) is 7.10. The molecule has 0 aliphatic rings. The molecule has 0 fully saturated rings. The standard InChI is InChI=1S/C35H40N6O6/c1-2-21-46-30-18-16-27(17-19-30)22-29(24-42)38-34(44)32(23-26-11-5-3-6-12-26)39-33(43)31(15-9-10-20-37-41-36)40-35(45)47-25-28-13-7-4-8-14-28/h1,3-8,11-14,16-19,29,31-32,42H,9-10,15,20-25H2,(H,38,44)(H,39,43)(H,40,45)/t29-,31-,32-/m0/s1. The van der Waals surface area contributed by atoms with Crippen molar-refractivity contribution in [2.45, 2.75) is 56.8 Å². The predicted octanol–water partition coefficient (Wildman–Crippen LogP) is 4.22. The van der Waals surface area contributed by atoms with Crippen molar-refractivity contribution in [2.75, 3.05) is 19.8 Å². The van der Waals surface area contributed by atoms with Gasteiger partial charge in [0.1, 0.15) is 31.0 Å². The van der Waals surface area contributed by atoms with E-state index >= 15 is 0 Å². The van der Waals surface area contributed by atoms with Crippen LogP contribution in [0, 0.1) is 12.3 Å². The van der Waals surface area contributed by atoms with E-state index in [1.54, 1.807) is 12.1 Å². The number of rotatable bonds is 19. The van der Waals surface area contributed by atoms with Crippen LogP contribution in [0.15, 0.2) is 90.0 Å². The molecule has 4 N–H and O–H groups in total. The molecule has 0 saturated carbocycles.